The van der Waals surface area contributed by atoms with Crippen molar-refractivity contribution in [2.75, 3.05) is 5.88 Å². The summed E-state index contributed by atoms with van der Waals surface area (Å²) >= 11 is 5.62. The van der Waals surface area contributed by atoms with Crippen LogP contribution in [0.2, 0.25) is 0 Å². The molecule has 0 heterocycles. The van der Waals surface area contributed by atoms with Crippen LogP contribution < -0.4 is 0 Å². The van der Waals surface area contributed by atoms with Crippen molar-refractivity contribution in [2.24, 2.45) is 11.1 Å². The summed E-state index contributed by atoms with van der Waals surface area (Å²) in [5, 5.41) is 11.8. The van der Waals surface area contributed by atoms with Gasteiger partial charge in [0.05, 0.1) is 11.6 Å². The van der Waals surface area contributed by atoms with Gasteiger partial charge in [0.25, 0.3) is 0 Å². The third kappa shape index (κ3) is 4.34. The molecule has 0 spiro atoms. The molecule has 15 heavy (non-hydrogen) atoms. The standard InChI is InChI=1S/C12H16ClNO/c1-10(8-12(9-13)14-15)7-11-5-3-2-4-6-11/h2-6,10,15H,7-9H2,1H3/b14-12+. The minimum Gasteiger partial charge on any atom is -0.411 e. The molecule has 0 fully saturated rings. The number of rotatable bonds is 5. The summed E-state index contributed by atoms with van der Waals surface area (Å²) in [6.07, 6.45) is 1.73. The summed E-state index contributed by atoms with van der Waals surface area (Å²) in [4.78, 5) is 0. The van der Waals surface area contributed by atoms with Crippen LogP contribution in [-0.2, 0) is 6.42 Å². The maximum absolute atomic E-state index is 8.64. The lowest BCUT2D eigenvalue weighted by Crippen LogP contribution is -2.09. The molecule has 1 aromatic rings. The van der Waals surface area contributed by atoms with Crippen LogP contribution in [0.1, 0.15) is 18.9 Å². The molecule has 0 amide bonds. The minimum absolute atomic E-state index is 0.301. The molecular formula is C12H16ClNO. The molecule has 2 nitrogen and oxygen atoms in total. The number of nitrogens with zero attached hydrogens (tertiary/aromatic N) is 1. The Morgan fingerprint density at radius 3 is 2.60 bits per heavy atom. The summed E-state index contributed by atoms with van der Waals surface area (Å²) in [6, 6.07) is 10.3. The first-order valence-corrected chi connectivity index (χ1v) is 5.59. The Kier molecular flexibility index (Phi) is 5.19. The molecule has 3 heteroatoms. The lowest BCUT2D eigenvalue weighted by Gasteiger charge is -2.10. The molecule has 0 aliphatic rings. The van der Waals surface area contributed by atoms with Crippen molar-refractivity contribution in [3.63, 3.8) is 0 Å². The largest absolute Gasteiger partial charge is 0.411 e. The molecule has 0 aliphatic heterocycles. The lowest BCUT2D eigenvalue weighted by molar-refractivity contribution is 0.316. The van der Waals surface area contributed by atoms with Crippen molar-refractivity contribution in [3.05, 3.63) is 35.9 Å². The van der Waals surface area contributed by atoms with Gasteiger partial charge in [-0.15, -0.1) is 11.6 Å². The first-order valence-electron chi connectivity index (χ1n) is 5.06. The van der Waals surface area contributed by atoms with Gasteiger partial charge in [-0.1, -0.05) is 42.4 Å². The molecule has 1 atom stereocenters. The maximum Gasteiger partial charge on any atom is 0.0720 e. The van der Waals surface area contributed by atoms with Gasteiger partial charge in [-0.2, -0.15) is 0 Å². The average Bonchev–Trinajstić information content (AvgIpc) is 2.27. The molecule has 1 unspecified atom stereocenters. The van der Waals surface area contributed by atoms with Crippen LogP contribution in [0.4, 0.5) is 0 Å². The highest BCUT2D eigenvalue weighted by Crippen LogP contribution is 2.12. The van der Waals surface area contributed by atoms with E-state index in [2.05, 4.69) is 24.2 Å². The number of hydrogen-bond donors (Lipinski definition) is 1. The number of benzene rings is 1. The molecule has 0 saturated carbocycles. The van der Waals surface area contributed by atoms with Crippen molar-refractivity contribution in [2.45, 2.75) is 19.8 Å². The summed E-state index contributed by atoms with van der Waals surface area (Å²) < 4.78 is 0. The highest BCUT2D eigenvalue weighted by molar-refractivity contribution is 6.28. The molecule has 0 radical (unpaired) electrons. The predicted molar refractivity (Wildman–Crippen MR) is 63.9 cm³/mol. The number of oxime groups is 1. The molecule has 0 bridgehead atoms. The van der Waals surface area contributed by atoms with Crippen LogP contribution in [0, 0.1) is 5.92 Å². The summed E-state index contributed by atoms with van der Waals surface area (Å²) in [5.74, 6) is 0.743. The summed E-state index contributed by atoms with van der Waals surface area (Å²) in [5.41, 5.74) is 1.96. The summed E-state index contributed by atoms with van der Waals surface area (Å²) in [7, 11) is 0. The van der Waals surface area contributed by atoms with Gasteiger partial charge in [0.15, 0.2) is 0 Å². The van der Waals surface area contributed by atoms with E-state index < -0.39 is 0 Å². The average molecular weight is 226 g/mol. The second-order valence-corrected chi connectivity index (χ2v) is 4.07. The van der Waals surface area contributed by atoms with E-state index >= 15 is 0 Å². The van der Waals surface area contributed by atoms with Gasteiger partial charge >= 0.3 is 0 Å². The Balaban J connectivity index is 2.46. The molecule has 82 valence electrons. The molecule has 1 rings (SSSR count). The third-order valence-electron chi connectivity index (χ3n) is 2.31. The van der Waals surface area contributed by atoms with Gasteiger partial charge in [-0.3, -0.25) is 0 Å². The molecule has 0 saturated heterocycles. The molecule has 0 aliphatic carbocycles. The van der Waals surface area contributed by atoms with E-state index in [-0.39, 0.29) is 0 Å². The van der Waals surface area contributed by atoms with E-state index in [4.69, 9.17) is 16.8 Å². The Hall–Kier alpha value is -1.02. The van der Waals surface area contributed by atoms with Crippen LogP contribution in [0.25, 0.3) is 0 Å². The van der Waals surface area contributed by atoms with E-state index in [0.717, 1.165) is 12.8 Å². The van der Waals surface area contributed by atoms with Crippen LogP contribution in [-0.4, -0.2) is 16.8 Å². The predicted octanol–water partition coefficient (Wildman–Crippen LogP) is 3.32. The molecule has 1 aromatic carbocycles. The fraction of sp³-hybridized carbons (Fsp3) is 0.417. The van der Waals surface area contributed by atoms with Gasteiger partial charge in [0.2, 0.25) is 0 Å². The van der Waals surface area contributed by atoms with E-state index in [0.29, 0.717) is 17.5 Å². The Morgan fingerprint density at radius 1 is 1.40 bits per heavy atom. The number of halogens is 1. The monoisotopic (exact) mass is 225 g/mol. The van der Waals surface area contributed by atoms with E-state index in [9.17, 15) is 0 Å². The number of alkyl halides is 1. The fourth-order valence-corrected chi connectivity index (χ4v) is 1.78. The smallest absolute Gasteiger partial charge is 0.0720 e. The van der Waals surface area contributed by atoms with E-state index in [1.165, 1.54) is 5.56 Å². The van der Waals surface area contributed by atoms with Crippen LogP contribution in [0.5, 0.6) is 0 Å². The normalized spacial score (nSPS) is 13.9. The van der Waals surface area contributed by atoms with Crippen molar-refractivity contribution in [3.8, 4) is 0 Å². The van der Waals surface area contributed by atoms with E-state index in [1.807, 2.05) is 18.2 Å². The highest BCUT2D eigenvalue weighted by atomic mass is 35.5. The Bertz CT molecular complexity index is 311. The van der Waals surface area contributed by atoms with Crippen LogP contribution in [0.3, 0.4) is 0 Å². The van der Waals surface area contributed by atoms with Gasteiger partial charge < -0.3 is 5.21 Å². The zero-order valence-corrected chi connectivity index (χ0v) is 9.61. The van der Waals surface area contributed by atoms with Crippen molar-refractivity contribution in [1.29, 1.82) is 0 Å². The van der Waals surface area contributed by atoms with Gasteiger partial charge in [-0.25, -0.2) is 0 Å². The van der Waals surface area contributed by atoms with Gasteiger partial charge in [0.1, 0.15) is 0 Å². The number of hydrogen-bond acceptors (Lipinski definition) is 2. The van der Waals surface area contributed by atoms with Gasteiger partial charge in [0, 0.05) is 0 Å². The minimum atomic E-state index is 0.301. The van der Waals surface area contributed by atoms with Gasteiger partial charge in [-0.05, 0) is 24.3 Å². The molecule has 0 aromatic heterocycles. The lowest BCUT2D eigenvalue weighted by atomic mass is 9.96. The second kappa shape index (κ2) is 6.46. The highest BCUT2D eigenvalue weighted by Gasteiger charge is 2.07. The fourth-order valence-electron chi connectivity index (χ4n) is 1.61. The third-order valence-corrected chi connectivity index (χ3v) is 2.62. The van der Waals surface area contributed by atoms with E-state index in [1.54, 1.807) is 0 Å². The Morgan fingerprint density at radius 2 is 2.07 bits per heavy atom. The maximum atomic E-state index is 8.64. The van der Waals surface area contributed by atoms with Crippen LogP contribution >= 0.6 is 11.6 Å². The van der Waals surface area contributed by atoms with Crippen molar-refractivity contribution < 1.29 is 5.21 Å². The SMILES string of the molecule is CC(C/C(CCl)=N\O)Cc1ccccc1. The quantitative estimate of drug-likeness (QED) is 0.355. The molecular weight excluding hydrogens is 210 g/mol. The summed E-state index contributed by atoms with van der Waals surface area (Å²) in [6.45, 7) is 2.13. The first-order chi connectivity index (χ1) is 7.26. The zero-order chi connectivity index (χ0) is 11.1. The van der Waals surface area contributed by atoms with Crippen molar-refractivity contribution >= 4 is 17.3 Å². The topological polar surface area (TPSA) is 32.6 Å². The van der Waals surface area contributed by atoms with Crippen molar-refractivity contribution in [1.82, 2.24) is 0 Å². The second-order valence-electron chi connectivity index (χ2n) is 3.80. The first kappa shape index (κ1) is 12.1. The van der Waals surface area contributed by atoms with Crippen LogP contribution in [0.15, 0.2) is 35.5 Å². The Labute approximate surface area is 95.6 Å². The zero-order valence-electron chi connectivity index (χ0n) is 8.86. The molecule has 1 N–H and O–H groups in total.